The van der Waals surface area contributed by atoms with E-state index < -0.39 is 0 Å². The van der Waals surface area contributed by atoms with E-state index in [1.54, 1.807) is 24.6 Å². The predicted molar refractivity (Wildman–Crippen MR) is 74.6 cm³/mol. The molecule has 2 rings (SSSR count). The van der Waals surface area contributed by atoms with Crippen molar-refractivity contribution in [1.29, 1.82) is 0 Å². The van der Waals surface area contributed by atoms with Gasteiger partial charge in [0.1, 0.15) is 17.5 Å². The molecule has 0 atom stereocenters. The Morgan fingerprint density at radius 2 is 2.30 bits per heavy atom. The highest BCUT2D eigenvalue weighted by molar-refractivity contribution is 6.32. The molecule has 2 heterocycles. The number of hydrogen-bond donors (Lipinski definition) is 1. The Morgan fingerprint density at radius 3 is 3.05 bits per heavy atom. The van der Waals surface area contributed by atoms with Gasteiger partial charge in [-0.25, -0.2) is 4.98 Å². The van der Waals surface area contributed by atoms with Crippen molar-refractivity contribution < 1.29 is 13.9 Å². The van der Waals surface area contributed by atoms with Gasteiger partial charge in [0.05, 0.1) is 11.8 Å². The number of carbonyl (C=O) groups is 1. The van der Waals surface area contributed by atoms with E-state index in [1.165, 1.54) is 0 Å². The van der Waals surface area contributed by atoms with Gasteiger partial charge in [0.2, 0.25) is 0 Å². The van der Waals surface area contributed by atoms with E-state index in [2.05, 4.69) is 10.3 Å². The number of carbonyl (C=O) groups excluding carboxylic acids is 1. The van der Waals surface area contributed by atoms with Crippen molar-refractivity contribution in [2.24, 2.45) is 0 Å². The first-order chi connectivity index (χ1) is 9.77. The van der Waals surface area contributed by atoms with Gasteiger partial charge in [0, 0.05) is 19.3 Å². The lowest BCUT2D eigenvalue weighted by Gasteiger charge is -2.06. The quantitative estimate of drug-likeness (QED) is 0.630. The molecule has 0 aliphatic carbocycles. The van der Waals surface area contributed by atoms with Crippen LogP contribution in [-0.4, -0.2) is 24.0 Å². The number of rotatable bonds is 7. The average Bonchev–Trinajstić information content (AvgIpc) is 2.96. The smallest absolute Gasteiger partial charge is 0.254 e. The van der Waals surface area contributed by atoms with Gasteiger partial charge >= 0.3 is 0 Å². The van der Waals surface area contributed by atoms with Gasteiger partial charge in [-0.3, -0.25) is 4.79 Å². The molecular formula is C14H15ClN2O3. The first-order valence-electron chi connectivity index (χ1n) is 6.26. The standard InChI is InChI=1S/C14H15ClN2O3/c15-13-12(5-1-6-16-13)14(18)17-7-3-8-19-10-11-4-2-9-20-11/h1-2,4-6,9H,3,7-8,10H2,(H,17,18). The molecule has 6 heteroatoms. The van der Waals surface area contributed by atoms with E-state index in [0.29, 0.717) is 31.7 Å². The summed E-state index contributed by atoms with van der Waals surface area (Å²) >= 11 is 5.83. The van der Waals surface area contributed by atoms with Crippen molar-refractivity contribution in [1.82, 2.24) is 10.3 Å². The highest BCUT2D eigenvalue weighted by Gasteiger charge is 2.09. The molecule has 0 bridgehead atoms. The van der Waals surface area contributed by atoms with Gasteiger partial charge < -0.3 is 14.5 Å². The number of amides is 1. The Balaban J connectivity index is 1.61. The largest absolute Gasteiger partial charge is 0.467 e. The van der Waals surface area contributed by atoms with Gasteiger partial charge in [0.15, 0.2) is 0 Å². The van der Waals surface area contributed by atoms with Crippen LogP contribution in [0.2, 0.25) is 5.15 Å². The van der Waals surface area contributed by atoms with Crippen molar-refractivity contribution in [2.75, 3.05) is 13.2 Å². The lowest BCUT2D eigenvalue weighted by atomic mass is 10.2. The van der Waals surface area contributed by atoms with Crippen molar-refractivity contribution in [3.05, 3.63) is 53.2 Å². The number of pyridine rings is 1. The van der Waals surface area contributed by atoms with E-state index >= 15 is 0 Å². The lowest BCUT2D eigenvalue weighted by molar-refractivity contribution is 0.0917. The minimum absolute atomic E-state index is 0.207. The highest BCUT2D eigenvalue weighted by Crippen LogP contribution is 2.10. The molecule has 0 aromatic carbocycles. The Labute approximate surface area is 121 Å². The number of nitrogens with one attached hydrogen (secondary N) is 1. The second kappa shape index (κ2) is 7.67. The SMILES string of the molecule is O=C(NCCCOCc1ccco1)c1cccnc1Cl. The second-order valence-corrected chi connectivity index (χ2v) is 4.44. The molecule has 0 radical (unpaired) electrons. The minimum Gasteiger partial charge on any atom is -0.467 e. The Morgan fingerprint density at radius 1 is 1.40 bits per heavy atom. The van der Waals surface area contributed by atoms with Gasteiger partial charge in [-0.15, -0.1) is 0 Å². The van der Waals surface area contributed by atoms with Crippen LogP contribution in [-0.2, 0) is 11.3 Å². The number of ether oxygens (including phenoxy) is 1. The molecule has 0 aliphatic rings. The fourth-order valence-corrected chi connectivity index (χ4v) is 1.80. The molecule has 2 aromatic heterocycles. The van der Waals surface area contributed by atoms with Crippen LogP contribution in [0.4, 0.5) is 0 Å². The number of aromatic nitrogens is 1. The lowest BCUT2D eigenvalue weighted by Crippen LogP contribution is -2.25. The fourth-order valence-electron chi connectivity index (χ4n) is 1.59. The van der Waals surface area contributed by atoms with Gasteiger partial charge in [-0.1, -0.05) is 11.6 Å². The van der Waals surface area contributed by atoms with Crippen LogP contribution in [0.1, 0.15) is 22.5 Å². The third kappa shape index (κ3) is 4.36. The topological polar surface area (TPSA) is 64.4 Å². The minimum atomic E-state index is -0.228. The van der Waals surface area contributed by atoms with Crippen molar-refractivity contribution in [2.45, 2.75) is 13.0 Å². The van der Waals surface area contributed by atoms with E-state index in [-0.39, 0.29) is 11.1 Å². The first-order valence-corrected chi connectivity index (χ1v) is 6.64. The van der Waals surface area contributed by atoms with Gasteiger partial charge in [-0.2, -0.15) is 0 Å². The molecular weight excluding hydrogens is 280 g/mol. The van der Waals surface area contributed by atoms with E-state index in [4.69, 9.17) is 20.8 Å². The summed E-state index contributed by atoms with van der Waals surface area (Å²) in [5, 5.41) is 2.97. The Kier molecular flexibility index (Phi) is 5.58. The van der Waals surface area contributed by atoms with Crippen LogP contribution in [0.3, 0.4) is 0 Å². The van der Waals surface area contributed by atoms with Crippen LogP contribution >= 0.6 is 11.6 Å². The predicted octanol–water partition coefficient (Wildman–Crippen LogP) is 2.66. The second-order valence-electron chi connectivity index (χ2n) is 4.08. The summed E-state index contributed by atoms with van der Waals surface area (Å²) in [5.41, 5.74) is 0.380. The van der Waals surface area contributed by atoms with E-state index in [9.17, 15) is 4.79 Å². The van der Waals surface area contributed by atoms with Crippen molar-refractivity contribution in [3.63, 3.8) is 0 Å². The number of nitrogens with zero attached hydrogens (tertiary/aromatic N) is 1. The summed E-state index contributed by atoms with van der Waals surface area (Å²) in [4.78, 5) is 15.6. The van der Waals surface area contributed by atoms with Crippen molar-refractivity contribution in [3.8, 4) is 0 Å². The van der Waals surface area contributed by atoms with Crippen LogP contribution in [0.25, 0.3) is 0 Å². The molecule has 0 spiro atoms. The van der Waals surface area contributed by atoms with E-state index in [0.717, 1.165) is 5.76 Å². The van der Waals surface area contributed by atoms with Gasteiger partial charge in [0.25, 0.3) is 5.91 Å². The molecule has 0 aliphatic heterocycles. The Hall–Kier alpha value is -1.85. The monoisotopic (exact) mass is 294 g/mol. The zero-order valence-corrected chi connectivity index (χ0v) is 11.6. The summed E-state index contributed by atoms with van der Waals surface area (Å²) in [6, 6.07) is 6.98. The maximum Gasteiger partial charge on any atom is 0.254 e. The van der Waals surface area contributed by atoms with Gasteiger partial charge in [-0.05, 0) is 30.7 Å². The Bertz CT molecular complexity index is 543. The molecule has 0 fully saturated rings. The molecule has 0 unspecified atom stereocenters. The molecule has 1 amide bonds. The number of furan rings is 1. The molecule has 2 aromatic rings. The maximum atomic E-state index is 11.8. The number of hydrogen-bond acceptors (Lipinski definition) is 4. The summed E-state index contributed by atoms with van der Waals surface area (Å²) < 4.78 is 10.5. The number of halogens is 1. The summed E-state index contributed by atoms with van der Waals surface area (Å²) in [7, 11) is 0. The fraction of sp³-hybridized carbons (Fsp3) is 0.286. The molecule has 0 saturated carbocycles. The van der Waals surface area contributed by atoms with Crippen LogP contribution in [0.5, 0.6) is 0 Å². The normalized spacial score (nSPS) is 10.4. The zero-order valence-electron chi connectivity index (χ0n) is 10.8. The first kappa shape index (κ1) is 14.6. The summed E-state index contributed by atoms with van der Waals surface area (Å²) in [6.07, 6.45) is 3.86. The third-order valence-corrected chi connectivity index (χ3v) is 2.88. The summed E-state index contributed by atoms with van der Waals surface area (Å²) in [5.74, 6) is 0.560. The zero-order chi connectivity index (χ0) is 14.2. The summed E-state index contributed by atoms with van der Waals surface area (Å²) in [6.45, 7) is 1.50. The third-order valence-electron chi connectivity index (χ3n) is 2.58. The van der Waals surface area contributed by atoms with Crippen LogP contribution < -0.4 is 5.32 Å². The molecule has 5 nitrogen and oxygen atoms in total. The van der Waals surface area contributed by atoms with Crippen molar-refractivity contribution >= 4 is 17.5 Å². The van der Waals surface area contributed by atoms with Crippen LogP contribution in [0.15, 0.2) is 41.1 Å². The molecule has 20 heavy (non-hydrogen) atoms. The average molecular weight is 295 g/mol. The molecule has 0 saturated heterocycles. The highest BCUT2D eigenvalue weighted by atomic mass is 35.5. The molecule has 1 N–H and O–H groups in total. The maximum absolute atomic E-state index is 11.8. The molecule has 106 valence electrons. The van der Waals surface area contributed by atoms with E-state index in [1.807, 2.05) is 12.1 Å². The van der Waals surface area contributed by atoms with Crippen LogP contribution in [0, 0.1) is 0 Å².